The van der Waals surface area contributed by atoms with Crippen molar-refractivity contribution in [3.8, 4) is 5.75 Å². The molecule has 0 unspecified atom stereocenters. The van der Waals surface area contributed by atoms with E-state index in [4.69, 9.17) is 4.74 Å². The number of hydrogen-bond acceptors (Lipinski definition) is 2. The number of hydrogen-bond donors (Lipinski definition) is 0. The Morgan fingerprint density at radius 2 is 2.00 bits per heavy atom. The van der Waals surface area contributed by atoms with E-state index in [1.165, 1.54) is 6.42 Å². The number of unbranched alkanes of at least 4 members (excludes halogenated alkanes) is 1. The Kier molecular flexibility index (Phi) is 5.44. The van der Waals surface area contributed by atoms with Gasteiger partial charge in [-0.3, -0.25) is 0 Å². The third-order valence-electron chi connectivity index (χ3n) is 2.10. The van der Waals surface area contributed by atoms with Crippen LogP contribution in [0.3, 0.4) is 0 Å². The fourth-order valence-corrected chi connectivity index (χ4v) is 1.64. The number of aliphatic imine (C=N–C) groups is 1. The molecule has 1 aromatic rings. The summed E-state index contributed by atoms with van der Waals surface area (Å²) in [7, 11) is 1.67. The number of methoxy groups -OCH3 is 1. The van der Waals surface area contributed by atoms with Crippen molar-refractivity contribution in [1.82, 2.24) is 0 Å². The Bertz CT molecular complexity index is 319. The number of ether oxygens (including phenoxy) is 1. The molecule has 0 aliphatic heterocycles. The summed E-state index contributed by atoms with van der Waals surface area (Å²) >= 11 is 3.00. The molecule has 0 heterocycles. The molecule has 15 heavy (non-hydrogen) atoms. The van der Waals surface area contributed by atoms with Crippen molar-refractivity contribution in [2.24, 2.45) is 4.99 Å². The topological polar surface area (TPSA) is 21.6 Å². The maximum atomic E-state index is 5.10. The zero-order valence-electron chi connectivity index (χ0n) is 9.19. The molecule has 1 radical (unpaired) electrons. The SMILES string of the molecule is CCCCN=C([Se])c1ccc(OC)cc1. The summed E-state index contributed by atoms with van der Waals surface area (Å²) < 4.78 is 6.08. The number of nitrogens with zero attached hydrogens (tertiary/aromatic N) is 1. The van der Waals surface area contributed by atoms with Gasteiger partial charge in [0.25, 0.3) is 0 Å². The van der Waals surface area contributed by atoms with Crippen LogP contribution in [-0.4, -0.2) is 34.3 Å². The first-order valence-corrected chi connectivity index (χ1v) is 5.99. The molecule has 81 valence electrons. The maximum absolute atomic E-state index is 5.10. The van der Waals surface area contributed by atoms with Crippen LogP contribution < -0.4 is 4.74 Å². The molecule has 0 aliphatic rings. The van der Waals surface area contributed by atoms with Gasteiger partial charge in [0.05, 0.1) is 0 Å². The molecule has 0 atom stereocenters. The standard InChI is InChI=1S/C12H16NOSe/c1-3-4-9-13-12(15)10-5-7-11(14-2)8-6-10/h5-8H,3-4,9H2,1-2H3. The zero-order valence-corrected chi connectivity index (χ0v) is 10.9. The van der Waals surface area contributed by atoms with E-state index >= 15 is 0 Å². The zero-order chi connectivity index (χ0) is 11.1. The van der Waals surface area contributed by atoms with Crippen LogP contribution in [0.4, 0.5) is 0 Å². The second-order valence-electron chi connectivity index (χ2n) is 3.27. The van der Waals surface area contributed by atoms with Crippen LogP contribution in [0.5, 0.6) is 5.75 Å². The summed E-state index contributed by atoms with van der Waals surface area (Å²) in [5, 5.41) is 0. The van der Waals surface area contributed by atoms with Crippen molar-refractivity contribution in [3.05, 3.63) is 29.8 Å². The van der Waals surface area contributed by atoms with E-state index in [9.17, 15) is 0 Å². The molecule has 0 bridgehead atoms. The molecular formula is C12H16NOSe. The molecule has 1 rings (SSSR count). The van der Waals surface area contributed by atoms with E-state index in [2.05, 4.69) is 27.9 Å². The van der Waals surface area contributed by atoms with Gasteiger partial charge >= 0.3 is 99.4 Å². The van der Waals surface area contributed by atoms with Gasteiger partial charge in [0.15, 0.2) is 0 Å². The van der Waals surface area contributed by atoms with E-state index in [-0.39, 0.29) is 0 Å². The first-order valence-electron chi connectivity index (χ1n) is 5.13. The average Bonchev–Trinajstić information content (AvgIpc) is 2.29. The predicted octanol–water partition coefficient (Wildman–Crippen LogP) is 2.41. The monoisotopic (exact) mass is 270 g/mol. The summed E-state index contributed by atoms with van der Waals surface area (Å²) in [6.45, 7) is 3.06. The van der Waals surface area contributed by atoms with Crippen molar-refractivity contribution < 1.29 is 4.74 Å². The summed E-state index contributed by atoms with van der Waals surface area (Å²) in [5.74, 6) is 0.875. The molecule has 3 heteroatoms. The Morgan fingerprint density at radius 3 is 2.53 bits per heavy atom. The minimum atomic E-state index is 0.875. The first-order chi connectivity index (χ1) is 7.27. The van der Waals surface area contributed by atoms with Gasteiger partial charge in [-0.25, -0.2) is 0 Å². The van der Waals surface area contributed by atoms with Gasteiger partial charge in [-0.2, -0.15) is 0 Å². The Morgan fingerprint density at radius 1 is 1.33 bits per heavy atom. The molecule has 0 saturated heterocycles. The summed E-state index contributed by atoms with van der Waals surface area (Å²) in [5.41, 5.74) is 1.12. The van der Waals surface area contributed by atoms with Gasteiger partial charge in [-0.1, -0.05) is 0 Å². The molecule has 1 aromatic carbocycles. The Hall–Kier alpha value is -0.791. The average molecular weight is 269 g/mol. The van der Waals surface area contributed by atoms with Gasteiger partial charge in [0.2, 0.25) is 0 Å². The third-order valence-corrected chi connectivity index (χ3v) is 2.87. The van der Waals surface area contributed by atoms with Crippen molar-refractivity contribution in [2.45, 2.75) is 19.8 Å². The number of benzene rings is 1. The first kappa shape index (κ1) is 12.3. The minimum absolute atomic E-state index is 0.875. The van der Waals surface area contributed by atoms with Crippen LogP contribution in [0, 0.1) is 0 Å². The van der Waals surface area contributed by atoms with Crippen LogP contribution >= 0.6 is 0 Å². The van der Waals surface area contributed by atoms with E-state index < -0.39 is 0 Å². The van der Waals surface area contributed by atoms with E-state index in [1.54, 1.807) is 7.11 Å². The van der Waals surface area contributed by atoms with Crippen molar-refractivity contribution >= 4 is 20.6 Å². The summed E-state index contributed by atoms with van der Waals surface area (Å²) in [6, 6.07) is 7.92. The van der Waals surface area contributed by atoms with Crippen LogP contribution in [0.2, 0.25) is 0 Å². The van der Waals surface area contributed by atoms with Gasteiger partial charge in [-0.05, 0) is 0 Å². The molecular weight excluding hydrogens is 253 g/mol. The molecule has 2 nitrogen and oxygen atoms in total. The van der Waals surface area contributed by atoms with Gasteiger partial charge in [0.1, 0.15) is 0 Å². The molecule has 0 aliphatic carbocycles. The second kappa shape index (κ2) is 6.65. The van der Waals surface area contributed by atoms with Crippen LogP contribution in [0.25, 0.3) is 0 Å². The fraction of sp³-hybridized carbons (Fsp3) is 0.417. The molecule has 0 spiro atoms. The Labute approximate surface area is 99.6 Å². The summed E-state index contributed by atoms with van der Waals surface area (Å²) in [6.07, 6.45) is 2.32. The molecule has 0 aromatic heterocycles. The predicted molar refractivity (Wildman–Crippen MR) is 65.1 cm³/mol. The Balaban J connectivity index is 2.65. The van der Waals surface area contributed by atoms with Crippen LogP contribution in [-0.2, 0) is 0 Å². The van der Waals surface area contributed by atoms with Crippen molar-refractivity contribution in [1.29, 1.82) is 0 Å². The molecule has 0 fully saturated rings. The quantitative estimate of drug-likeness (QED) is 0.457. The normalized spacial score (nSPS) is 11.5. The van der Waals surface area contributed by atoms with E-state index in [0.29, 0.717) is 0 Å². The summed E-state index contributed by atoms with van der Waals surface area (Å²) in [4.78, 5) is 4.46. The van der Waals surface area contributed by atoms with Gasteiger partial charge in [0, 0.05) is 0 Å². The van der Waals surface area contributed by atoms with Crippen LogP contribution in [0.1, 0.15) is 25.3 Å². The van der Waals surface area contributed by atoms with Crippen molar-refractivity contribution in [3.63, 3.8) is 0 Å². The molecule has 0 amide bonds. The van der Waals surface area contributed by atoms with Crippen molar-refractivity contribution in [2.75, 3.05) is 13.7 Å². The molecule has 0 saturated carbocycles. The fourth-order valence-electron chi connectivity index (χ4n) is 1.16. The van der Waals surface area contributed by atoms with Gasteiger partial charge < -0.3 is 0 Å². The second-order valence-corrected chi connectivity index (χ2v) is 4.08. The number of rotatable bonds is 5. The van der Waals surface area contributed by atoms with Crippen LogP contribution in [0.15, 0.2) is 29.3 Å². The van der Waals surface area contributed by atoms with E-state index in [1.807, 2.05) is 24.3 Å². The third kappa shape index (κ3) is 4.06. The van der Waals surface area contributed by atoms with E-state index in [0.717, 1.165) is 28.9 Å². The molecule has 0 N–H and O–H groups in total. The van der Waals surface area contributed by atoms with Gasteiger partial charge in [-0.15, -0.1) is 0 Å².